The molecule has 1 aliphatic rings. The molecule has 3 heteroatoms. The van der Waals surface area contributed by atoms with Gasteiger partial charge in [0.15, 0.2) is 0 Å². The van der Waals surface area contributed by atoms with Gasteiger partial charge in [-0.3, -0.25) is 0 Å². The van der Waals surface area contributed by atoms with Gasteiger partial charge in [0.25, 0.3) is 0 Å². The summed E-state index contributed by atoms with van der Waals surface area (Å²) in [6.45, 7) is 7.03. The Bertz CT molecular complexity index is 132. The molecule has 12 heavy (non-hydrogen) atoms. The van der Waals surface area contributed by atoms with E-state index in [0.29, 0.717) is 10.00 Å². The number of hydrogen-bond donors (Lipinski definition) is 1. The van der Waals surface area contributed by atoms with Crippen molar-refractivity contribution in [3.8, 4) is 0 Å². The van der Waals surface area contributed by atoms with Crippen LogP contribution in [0.2, 0.25) is 0 Å². The number of nitrogens with two attached hydrogens (primary N) is 1. The molecule has 1 fully saturated rings. The van der Waals surface area contributed by atoms with Crippen molar-refractivity contribution in [2.45, 2.75) is 36.7 Å². The SMILES string of the molecule is CC(C)SC1(CN)CCOCC1. The molecule has 1 aliphatic heterocycles. The van der Waals surface area contributed by atoms with E-state index in [-0.39, 0.29) is 0 Å². The molecule has 2 nitrogen and oxygen atoms in total. The summed E-state index contributed by atoms with van der Waals surface area (Å²) in [5.41, 5.74) is 5.81. The van der Waals surface area contributed by atoms with Crippen LogP contribution in [0, 0.1) is 0 Å². The van der Waals surface area contributed by atoms with Gasteiger partial charge < -0.3 is 10.5 Å². The van der Waals surface area contributed by atoms with Crippen LogP contribution in [0.3, 0.4) is 0 Å². The van der Waals surface area contributed by atoms with Gasteiger partial charge in [-0.2, -0.15) is 11.8 Å². The molecule has 0 spiro atoms. The lowest BCUT2D eigenvalue weighted by atomic mass is 9.99. The van der Waals surface area contributed by atoms with Gasteiger partial charge in [-0.25, -0.2) is 0 Å². The summed E-state index contributed by atoms with van der Waals surface area (Å²) in [5.74, 6) is 0. The maximum atomic E-state index is 5.81. The highest BCUT2D eigenvalue weighted by molar-refractivity contribution is 8.01. The van der Waals surface area contributed by atoms with E-state index in [1.165, 1.54) is 0 Å². The normalized spacial score (nSPS) is 23.0. The third kappa shape index (κ3) is 2.64. The molecular formula is C9H19NOS. The minimum absolute atomic E-state index is 0.312. The molecule has 72 valence electrons. The predicted octanol–water partition coefficient (Wildman–Crippen LogP) is 1.64. The average Bonchev–Trinajstić information content (AvgIpc) is 2.05. The fourth-order valence-corrected chi connectivity index (χ4v) is 3.11. The van der Waals surface area contributed by atoms with Gasteiger partial charge in [-0.05, 0) is 18.1 Å². The third-order valence-corrected chi connectivity index (χ3v) is 3.81. The molecule has 1 rings (SSSR count). The first-order valence-electron chi connectivity index (χ1n) is 4.64. The molecule has 2 N–H and O–H groups in total. The molecule has 0 atom stereocenters. The molecule has 0 bridgehead atoms. The highest BCUT2D eigenvalue weighted by Crippen LogP contribution is 2.36. The van der Waals surface area contributed by atoms with E-state index >= 15 is 0 Å². The second-order valence-electron chi connectivity index (χ2n) is 3.67. The lowest BCUT2D eigenvalue weighted by Gasteiger charge is -2.36. The summed E-state index contributed by atoms with van der Waals surface area (Å²) in [6, 6.07) is 0. The zero-order valence-corrected chi connectivity index (χ0v) is 8.82. The van der Waals surface area contributed by atoms with Crippen LogP contribution in [0.1, 0.15) is 26.7 Å². The van der Waals surface area contributed by atoms with Crippen LogP contribution in [0.25, 0.3) is 0 Å². The van der Waals surface area contributed by atoms with E-state index in [0.717, 1.165) is 32.6 Å². The standard InChI is InChI=1S/C9H19NOS/c1-8(2)12-9(7-10)3-5-11-6-4-9/h8H,3-7,10H2,1-2H3. The fraction of sp³-hybridized carbons (Fsp3) is 1.00. The minimum atomic E-state index is 0.312. The summed E-state index contributed by atoms with van der Waals surface area (Å²) in [4.78, 5) is 0. The highest BCUT2D eigenvalue weighted by atomic mass is 32.2. The van der Waals surface area contributed by atoms with E-state index in [1.54, 1.807) is 0 Å². The lowest BCUT2D eigenvalue weighted by Crippen LogP contribution is -2.41. The van der Waals surface area contributed by atoms with Gasteiger partial charge >= 0.3 is 0 Å². The summed E-state index contributed by atoms with van der Waals surface area (Å²) < 4.78 is 5.65. The van der Waals surface area contributed by atoms with E-state index in [1.807, 2.05) is 11.8 Å². The van der Waals surface area contributed by atoms with E-state index < -0.39 is 0 Å². The summed E-state index contributed by atoms with van der Waals surface area (Å²) >= 11 is 2.02. The zero-order chi connectivity index (χ0) is 9.03. The summed E-state index contributed by atoms with van der Waals surface area (Å²) in [6.07, 6.45) is 2.23. The van der Waals surface area contributed by atoms with Gasteiger partial charge in [0, 0.05) is 24.5 Å². The Kier molecular flexibility index (Phi) is 3.87. The third-order valence-electron chi connectivity index (χ3n) is 2.26. The van der Waals surface area contributed by atoms with Crippen molar-refractivity contribution in [1.82, 2.24) is 0 Å². The van der Waals surface area contributed by atoms with Crippen molar-refractivity contribution < 1.29 is 4.74 Å². The zero-order valence-electron chi connectivity index (χ0n) is 8.01. The van der Waals surface area contributed by atoms with Crippen molar-refractivity contribution in [3.63, 3.8) is 0 Å². The minimum Gasteiger partial charge on any atom is -0.381 e. The average molecular weight is 189 g/mol. The van der Waals surface area contributed by atoms with Gasteiger partial charge in [0.05, 0.1) is 0 Å². The van der Waals surface area contributed by atoms with Crippen LogP contribution in [-0.2, 0) is 4.74 Å². The fourth-order valence-electron chi connectivity index (χ4n) is 1.61. The largest absolute Gasteiger partial charge is 0.381 e. The molecule has 0 aromatic rings. The van der Waals surface area contributed by atoms with E-state index in [4.69, 9.17) is 10.5 Å². The smallest absolute Gasteiger partial charge is 0.0479 e. The molecule has 0 aliphatic carbocycles. The van der Waals surface area contributed by atoms with E-state index in [2.05, 4.69) is 13.8 Å². The molecular weight excluding hydrogens is 170 g/mol. The maximum absolute atomic E-state index is 5.81. The Balaban J connectivity index is 2.48. The Morgan fingerprint density at radius 3 is 2.42 bits per heavy atom. The molecule has 0 amide bonds. The van der Waals surface area contributed by atoms with Crippen molar-refractivity contribution in [3.05, 3.63) is 0 Å². The van der Waals surface area contributed by atoms with Crippen LogP contribution in [-0.4, -0.2) is 29.8 Å². The van der Waals surface area contributed by atoms with Crippen LogP contribution in [0.4, 0.5) is 0 Å². The highest BCUT2D eigenvalue weighted by Gasteiger charge is 2.32. The van der Waals surface area contributed by atoms with Crippen LogP contribution in [0.15, 0.2) is 0 Å². The molecule has 0 aromatic carbocycles. The van der Waals surface area contributed by atoms with Gasteiger partial charge in [0.2, 0.25) is 0 Å². The van der Waals surface area contributed by atoms with Crippen LogP contribution in [0.5, 0.6) is 0 Å². The Morgan fingerprint density at radius 2 is 2.00 bits per heavy atom. The first kappa shape index (κ1) is 10.4. The van der Waals surface area contributed by atoms with Crippen LogP contribution < -0.4 is 5.73 Å². The number of thioether (sulfide) groups is 1. The molecule has 0 aromatic heterocycles. The molecule has 0 unspecified atom stereocenters. The van der Waals surface area contributed by atoms with Crippen LogP contribution >= 0.6 is 11.8 Å². The quantitative estimate of drug-likeness (QED) is 0.733. The molecule has 0 saturated carbocycles. The summed E-state index contributed by atoms with van der Waals surface area (Å²) in [5, 5.41) is 0.673. The van der Waals surface area contributed by atoms with Crippen molar-refractivity contribution >= 4 is 11.8 Å². The Labute approximate surface area is 79.2 Å². The van der Waals surface area contributed by atoms with Gasteiger partial charge in [-0.15, -0.1) is 0 Å². The molecule has 1 heterocycles. The van der Waals surface area contributed by atoms with Crippen molar-refractivity contribution in [1.29, 1.82) is 0 Å². The van der Waals surface area contributed by atoms with Gasteiger partial charge in [-0.1, -0.05) is 13.8 Å². The number of ether oxygens (including phenoxy) is 1. The topological polar surface area (TPSA) is 35.2 Å². The second-order valence-corrected chi connectivity index (χ2v) is 5.71. The first-order chi connectivity index (χ1) is 5.68. The second kappa shape index (κ2) is 4.49. The Morgan fingerprint density at radius 1 is 1.42 bits per heavy atom. The maximum Gasteiger partial charge on any atom is 0.0479 e. The van der Waals surface area contributed by atoms with E-state index in [9.17, 15) is 0 Å². The predicted molar refractivity (Wildman–Crippen MR) is 54.6 cm³/mol. The van der Waals surface area contributed by atoms with Gasteiger partial charge in [0.1, 0.15) is 0 Å². The first-order valence-corrected chi connectivity index (χ1v) is 5.52. The lowest BCUT2D eigenvalue weighted by molar-refractivity contribution is 0.0791. The molecule has 0 radical (unpaired) electrons. The Hall–Kier alpha value is 0.270. The number of hydrogen-bond acceptors (Lipinski definition) is 3. The monoisotopic (exact) mass is 189 g/mol. The summed E-state index contributed by atoms with van der Waals surface area (Å²) in [7, 11) is 0. The van der Waals surface area contributed by atoms with Crippen molar-refractivity contribution in [2.24, 2.45) is 5.73 Å². The molecule has 1 saturated heterocycles. The van der Waals surface area contributed by atoms with Crippen molar-refractivity contribution in [2.75, 3.05) is 19.8 Å². The number of rotatable bonds is 3.